The highest BCUT2D eigenvalue weighted by molar-refractivity contribution is 9.10. The van der Waals surface area contributed by atoms with Crippen LogP contribution in [0.5, 0.6) is 5.75 Å². The molecule has 2 rings (SSSR count). The topological polar surface area (TPSA) is 55.6 Å². The van der Waals surface area contributed by atoms with Crippen LogP contribution in [0.25, 0.3) is 0 Å². The van der Waals surface area contributed by atoms with Gasteiger partial charge in [-0.1, -0.05) is 21.1 Å². The number of methoxy groups -OCH3 is 1. The largest absolute Gasteiger partial charge is 0.496 e. The normalized spacial score (nSPS) is 10.7. The lowest BCUT2D eigenvalue weighted by Crippen LogP contribution is -2.26. The second kappa shape index (κ2) is 7.64. The maximum atomic E-state index is 12.4. The quantitative estimate of drug-likeness (QED) is 0.767. The van der Waals surface area contributed by atoms with Crippen LogP contribution in [0.1, 0.15) is 29.0 Å². The predicted octanol–water partition coefficient (Wildman–Crippen LogP) is 3.65. The van der Waals surface area contributed by atoms with Crippen molar-refractivity contribution in [1.82, 2.24) is 10.1 Å². The number of hydrogen-bond donors (Lipinski definition) is 0. The molecule has 0 aliphatic rings. The third-order valence-corrected chi connectivity index (χ3v) is 4.34. The van der Waals surface area contributed by atoms with Gasteiger partial charge in [0.15, 0.2) is 0 Å². The molecular formula is C17H21BrN2O3. The molecule has 1 aromatic carbocycles. The van der Waals surface area contributed by atoms with Crippen molar-refractivity contribution in [2.24, 2.45) is 0 Å². The number of nitrogens with zero attached hydrogens (tertiary/aromatic N) is 2. The van der Waals surface area contributed by atoms with Crippen molar-refractivity contribution in [3.63, 3.8) is 0 Å². The minimum Gasteiger partial charge on any atom is -0.496 e. The van der Waals surface area contributed by atoms with Gasteiger partial charge in [-0.2, -0.15) is 0 Å². The van der Waals surface area contributed by atoms with Crippen LogP contribution in [-0.2, 0) is 17.8 Å². The first-order valence-electron chi connectivity index (χ1n) is 7.40. The van der Waals surface area contributed by atoms with Gasteiger partial charge in [-0.05, 0) is 38.5 Å². The molecule has 0 bridgehead atoms. The summed E-state index contributed by atoms with van der Waals surface area (Å²) in [5, 5.41) is 3.92. The highest BCUT2D eigenvalue weighted by Crippen LogP contribution is 2.24. The SMILES string of the molecule is COc1ccc(Br)cc1CN(C)C(=O)CCc1c(C)noc1C. The van der Waals surface area contributed by atoms with Crippen molar-refractivity contribution in [2.45, 2.75) is 33.2 Å². The smallest absolute Gasteiger partial charge is 0.222 e. The van der Waals surface area contributed by atoms with E-state index in [-0.39, 0.29) is 5.91 Å². The Morgan fingerprint density at radius 2 is 2.13 bits per heavy atom. The highest BCUT2D eigenvalue weighted by atomic mass is 79.9. The summed E-state index contributed by atoms with van der Waals surface area (Å²) in [6, 6.07) is 5.78. The predicted molar refractivity (Wildman–Crippen MR) is 91.5 cm³/mol. The van der Waals surface area contributed by atoms with Crippen LogP contribution in [-0.4, -0.2) is 30.1 Å². The van der Waals surface area contributed by atoms with Crippen molar-refractivity contribution in [3.8, 4) is 5.75 Å². The van der Waals surface area contributed by atoms with Crippen molar-refractivity contribution in [1.29, 1.82) is 0 Å². The first-order valence-corrected chi connectivity index (χ1v) is 8.19. The second-order valence-electron chi connectivity index (χ2n) is 5.51. The van der Waals surface area contributed by atoms with Crippen molar-refractivity contribution in [3.05, 3.63) is 45.3 Å². The zero-order valence-electron chi connectivity index (χ0n) is 13.9. The molecule has 0 N–H and O–H groups in total. The molecule has 0 aliphatic carbocycles. The maximum absolute atomic E-state index is 12.4. The molecule has 0 aliphatic heterocycles. The number of hydrogen-bond acceptors (Lipinski definition) is 4. The Hall–Kier alpha value is -1.82. The molecule has 1 aromatic heterocycles. The monoisotopic (exact) mass is 380 g/mol. The number of benzene rings is 1. The summed E-state index contributed by atoms with van der Waals surface area (Å²) in [6.45, 7) is 4.27. The Labute approximate surface area is 144 Å². The molecule has 0 atom stereocenters. The Morgan fingerprint density at radius 3 is 2.74 bits per heavy atom. The van der Waals surface area contributed by atoms with Crippen LogP contribution >= 0.6 is 15.9 Å². The molecule has 1 heterocycles. The van der Waals surface area contributed by atoms with Crippen LogP contribution in [0.4, 0.5) is 0 Å². The molecule has 0 spiro atoms. The maximum Gasteiger partial charge on any atom is 0.222 e. The van der Waals surface area contributed by atoms with Gasteiger partial charge in [0.1, 0.15) is 11.5 Å². The average Bonchev–Trinajstić information content (AvgIpc) is 2.84. The fourth-order valence-corrected chi connectivity index (χ4v) is 2.90. The Morgan fingerprint density at radius 1 is 1.39 bits per heavy atom. The average molecular weight is 381 g/mol. The van der Waals surface area contributed by atoms with E-state index in [1.54, 1.807) is 19.1 Å². The molecule has 6 heteroatoms. The van der Waals surface area contributed by atoms with E-state index >= 15 is 0 Å². The summed E-state index contributed by atoms with van der Waals surface area (Å²) < 4.78 is 11.4. The zero-order chi connectivity index (χ0) is 17.0. The fraction of sp³-hybridized carbons (Fsp3) is 0.412. The molecule has 0 unspecified atom stereocenters. The molecule has 0 fully saturated rings. The Kier molecular flexibility index (Phi) is 5.82. The highest BCUT2D eigenvalue weighted by Gasteiger charge is 2.15. The molecule has 2 aromatic rings. The van der Waals surface area contributed by atoms with E-state index in [4.69, 9.17) is 9.26 Å². The van der Waals surface area contributed by atoms with Gasteiger partial charge >= 0.3 is 0 Å². The van der Waals surface area contributed by atoms with Gasteiger partial charge < -0.3 is 14.2 Å². The van der Waals surface area contributed by atoms with Crippen LogP contribution in [0, 0.1) is 13.8 Å². The summed E-state index contributed by atoms with van der Waals surface area (Å²) in [7, 11) is 3.43. The number of ether oxygens (including phenoxy) is 1. The number of aromatic nitrogens is 1. The standard InChI is InChI=1S/C17H21BrN2O3/c1-11-15(12(2)23-19-11)6-8-17(21)20(3)10-13-9-14(18)5-7-16(13)22-4/h5,7,9H,6,8,10H2,1-4H3. The van der Waals surface area contributed by atoms with Crippen LogP contribution < -0.4 is 4.74 Å². The lowest BCUT2D eigenvalue weighted by atomic mass is 10.1. The van der Waals surface area contributed by atoms with Crippen molar-refractivity contribution < 1.29 is 14.1 Å². The second-order valence-corrected chi connectivity index (χ2v) is 6.42. The van der Waals surface area contributed by atoms with E-state index in [2.05, 4.69) is 21.1 Å². The van der Waals surface area contributed by atoms with E-state index in [9.17, 15) is 4.79 Å². The first kappa shape index (κ1) is 17.5. The minimum atomic E-state index is 0.0760. The van der Waals surface area contributed by atoms with Crippen LogP contribution in [0.15, 0.2) is 27.2 Å². The lowest BCUT2D eigenvalue weighted by Gasteiger charge is -2.19. The molecule has 23 heavy (non-hydrogen) atoms. The van der Waals surface area contributed by atoms with Gasteiger partial charge in [-0.15, -0.1) is 0 Å². The number of rotatable bonds is 6. The zero-order valence-corrected chi connectivity index (χ0v) is 15.4. The summed E-state index contributed by atoms with van der Waals surface area (Å²) >= 11 is 3.45. The number of amides is 1. The summed E-state index contributed by atoms with van der Waals surface area (Å²) in [5.74, 6) is 1.64. The van der Waals surface area contributed by atoms with Crippen molar-refractivity contribution in [2.75, 3.05) is 14.2 Å². The van der Waals surface area contributed by atoms with E-state index in [0.29, 0.717) is 19.4 Å². The molecule has 124 valence electrons. The molecular weight excluding hydrogens is 360 g/mol. The third-order valence-electron chi connectivity index (χ3n) is 3.85. The first-order chi connectivity index (χ1) is 10.9. The number of aryl methyl sites for hydroxylation is 2. The molecule has 5 nitrogen and oxygen atoms in total. The van der Waals surface area contributed by atoms with Gasteiger partial charge in [-0.25, -0.2) is 0 Å². The van der Waals surface area contributed by atoms with E-state index < -0.39 is 0 Å². The minimum absolute atomic E-state index is 0.0760. The fourth-order valence-electron chi connectivity index (χ4n) is 2.50. The van der Waals surface area contributed by atoms with Gasteiger partial charge in [-0.3, -0.25) is 4.79 Å². The Bertz CT molecular complexity index is 678. The van der Waals surface area contributed by atoms with E-state index in [1.807, 2.05) is 32.0 Å². The molecule has 0 saturated heterocycles. The Balaban J connectivity index is 1.99. The van der Waals surface area contributed by atoms with E-state index in [0.717, 1.165) is 32.8 Å². The number of carbonyl (C=O) groups is 1. The number of halogens is 1. The van der Waals surface area contributed by atoms with Gasteiger partial charge in [0.2, 0.25) is 5.91 Å². The molecule has 0 saturated carbocycles. The summed E-state index contributed by atoms with van der Waals surface area (Å²) in [4.78, 5) is 14.1. The van der Waals surface area contributed by atoms with E-state index in [1.165, 1.54) is 0 Å². The summed E-state index contributed by atoms with van der Waals surface area (Å²) in [6.07, 6.45) is 1.07. The third kappa shape index (κ3) is 4.34. The molecule has 1 amide bonds. The number of carbonyl (C=O) groups excluding carboxylic acids is 1. The van der Waals surface area contributed by atoms with Crippen LogP contribution in [0.3, 0.4) is 0 Å². The van der Waals surface area contributed by atoms with Crippen molar-refractivity contribution >= 4 is 21.8 Å². The lowest BCUT2D eigenvalue weighted by molar-refractivity contribution is -0.130. The molecule has 0 radical (unpaired) electrons. The van der Waals surface area contributed by atoms with Gasteiger partial charge in [0, 0.05) is 35.6 Å². The summed E-state index contributed by atoms with van der Waals surface area (Å²) in [5.41, 5.74) is 2.84. The van der Waals surface area contributed by atoms with Gasteiger partial charge in [0.25, 0.3) is 0 Å². The van der Waals surface area contributed by atoms with Crippen LogP contribution in [0.2, 0.25) is 0 Å². The van der Waals surface area contributed by atoms with Gasteiger partial charge in [0.05, 0.1) is 12.8 Å².